The van der Waals surface area contributed by atoms with Gasteiger partial charge in [-0.3, -0.25) is 0 Å². The Hall–Kier alpha value is -0.160. The van der Waals surface area contributed by atoms with Gasteiger partial charge in [0, 0.05) is 6.42 Å². The van der Waals surface area contributed by atoms with Gasteiger partial charge in [0.2, 0.25) is 0 Å². The fourth-order valence-electron chi connectivity index (χ4n) is 2.03. The summed E-state index contributed by atoms with van der Waals surface area (Å²) in [5.74, 6) is -0.907. The molecule has 13 heavy (non-hydrogen) atoms. The summed E-state index contributed by atoms with van der Waals surface area (Å²) in [6, 6.07) is 0. The number of ether oxygens (including phenoxy) is 2. The average molecular weight is 188 g/mol. The molecule has 2 aliphatic rings. The lowest BCUT2D eigenvalue weighted by Gasteiger charge is -2.45. The summed E-state index contributed by atoms with van der Waals surface area (Å²) in [4.78, 5) is 0. The molecular weight excluding hydrogens is 172 g/mol. The molecule has 0 aromatic heterocycles. The summed E-state index contributed by atoms with van der Waals surface area (Å²) in [5, 5.41) is 19.2. The summed E-state index contributed by atoms with van der Waals surface area (Å²) < 4.78 is 10.9. The second-order valence-electron chi connectivity index (χ2n) is 3.77. The van der Waals surface area contributed by atoms with Crippen molar-refractivity contribution in [3.63, 3.8) is 0 Å². The maximum Gasteiger partial charge on any atom is 0.196 e. The number of hydrogen-bond acceptors (Lipinski definition) is 4. The van der Waals surface area contributed by atoms with Crippen LogP contribution in [0.25, 0.3) is 0 Å². The van der Waals surface area contributed by atoms with Gasteiger partial charge in [0.1, 0.15) is 6.10 Å². The first-order valence-corrected chi connectivity index (χ1v) is 4.89. The molecule has 0 aliphatic carbocycles. The van der Waals surface area contributed by atoms with Gasteiger partial charge < -0.3 is 19.7 Å². The summed E-state index contributed by atoms with van der Waals surface area (Å²) in [6.45, 7) is 1.09. The Balaban J connectivity index is 2.09. The molecule has 3 atom stereocenters. The maximum atomic E-state index is 9.75. The predicted molar refractivity (Wildman–Crippen MR) is 45.1 cm³/mol. The van der Waals surface area contributed by atoms with Crippen LogP contribution in [0.5, 0.6) is 0 Å². The Morgan fingerprint density at radius 3 is 2.54 bits per heavy atom. The van der Waals surface area contributed by atoms with E-state index in [1.165, 1.54) is 0 Å². The molecule has 76 valence electrons. The smallest absolute Gasteiger partial charge is 0.196 e. The van der Waals surface area contributed by atoms with Crippen LogP contribution in [0.3, 0.4) is 0 Å². The van der Waals surface area contributed by atoms with Crippen LogP contribution in [0.1, 0.15) is 25.7 Å². The topological polar surface area (TPSA) is 58.9 Å². The molecule has 2 rings (SSSR count). The molecule has 0 aromatic rings. The Morgan fingerprint density at radius 1 is 1.08 bits per heavy atom. The van der Waals surface area contributed by atoms with Gasteiger partial charge in [-0.05, 0) is 19.3 Å². The lowest BCUT2D eigenvalue weighted by molar-refractivity contribution is -0.332. The van der Waals surface area contributed by atoms with Crippen LogP contribution in [0.2, 0.25) is 0 Å². The van der Waals surface area contributed by atoms with Crippen molar-refractivity contribution in [3.05, 3.63) is 0 Å². The second kappa shape index (κ2) is 3.53. The van der Waals surface area contributed by atoms with Crippen molar-refractivity contribution in [1.29, 1.82) is 0 Å². The van der Waals surface area contributed by atoms with Gasteiger partial charge >= 0.3 is 0 Å². The van der Waals surface area contributed by atoms with Crippen molar-refractivity contribution in [1.82, 2.24) is 0 Å². The summed E-state index contributed by atoms with van der Waals surface area (Å²) >= 11 is 0. The zero-order valence-corrected chi connectivity index (χ0v) is 7.61. The van der Waals surface area contributed by atoms with E-state index in [1.807, 2.05) is 0 Å². The molecule has 2 aliphatic heterocycles. The van der Waals surface area contributed by atoms with Gasteiger partial charge in [0.05, 0.1) is 19.3 Å². The minimum Gasteiger partial charge on any atom is -0.390 e. The Bertz CT molecular complexity index is 171. The first-order valence-electron chi connectivity index (χ1n) is 4.89. The van der Waals surface area contributed by atoms with Crippen molar-refractivity contribution >= 4 is 0 Å². The fraction of sp³-hybridized carbons (Fsp3) is 1.00. The Labute approximate surface area is 77.5 Å². The molecule has 0 bridgehead atoms. The van der Waals surface area contributed by atoms with Crippen molar-refractivity contribution in [2.45, 2.75) is 43.7 Å². The highest BCUT2D eigenvalue weighted by Gasteiger charge is 2.47. The van der Waals surface area contributed by atoms with E-state index in [2.05, 4.69) is 0 Å². The highest BCUT2D eigenvalue weighted by Crippen LogP contribution is 2.34. The lowest BCUT2D eigenvalue weighted by Crippen LogP contribution is -2.58. The van der Waals surface area contributed by atoms with Crippen LogP contribution in [0, 0.1) is 0 Å². The summed E-state index contributed by atoms with van der Waals surface area (Å²) in [6.07, 6.45) is 1.59. The Morgan fingerprint density at radius 2 is 1.85 bits per heavy atom. The van der Waals surface area contributed by atoms with Crippen LogP contribution in [0.4, 0.5) is 0 Å². The van der Waals surface area contributed by atoms with E-state index < -0.39 is 18.0 Å². The fourth-order valence-corrected chi connectivity index (χ4v) is 2.03. The number of aliphatic hydroxyl groups is 2. The molecule has 2 N–H and O–H groups in total. The average Bonchev–Trinajstić information content (AvgIpc) is 2.16. The van der Waals surface area contributed by atoms with E-state index in [9.17, 15) is 10.2 Å². The SMILES string of the molecule is O[C@H]1CCO[C@]2(CCCCO2)[C@H]1O. The van der Waals surface area contributed by atoms with E-state index in [1.54, 1.807) is 0 Å². The zero-order valence-electron chi connectivity index (χ0n) is 7.61. The van der Waals surface area contributed by atoms with Crippen LogP contribution in [-0.2, 0) is 9.47 Å². The molecule has 2 fully saturated rings. The van der Waals surface area contributed by atoms with Crippen molar-refractivity contribution in [2.75, 3.05) is 13.2 Å². The van der Waals surface area contributed by atoms with E-state index in [4.69, 9.17) is 9.47 Å². The highest BCUT2D eigenvalue weighted by molar-refractivity contribution is 4.90. The molecular formula is C9H16O4. The largest absolute Gasteiger partial charge is 0.390 e. The molecule has 4 heteroatoms. The second-order valence-corrected chi connectivity index (χ2v) is 3.77. The molecule has 0 saturated carbocycles. The monoisotopic (exact) mass is 188 g/mol. The van der Waals surface area contributed by atoms with Crippen LogP contribution >= 0.6 is 0 Å². The van der Waals surface area contributed by atoms with Crippen LogP contribution in [0.15, 0.2) is 0 Å². The van der Waals surface area contributed by atoms with E-state index >= 15 is 0 Å². The standard InChI is InChI=1S/C9H16O4/c10-7-3-6-13-9(8(7)11)4-1-2-5-12-9/h7-8,10-11H,1-6H2/t7-,8-,9+/m0/s1. The quantitative estimate of drug-likeness (QED) is 0.563. The third kappa shape index (κ3) is 1.59. The van der Waals surface area contributed by atoms with E-state index in [0.717, 1.165) is 12.8 Å². The van der Waals surface area contributed by atoms with E-state index in [0.29, 0.717) is 26.1 Å². The molecule has 2 saturated heterocycles. The molecule has 0 unspecified atom stereocenters. The van der Waals surface area contributed by atoms with E-state index in [-0.39, 0.29) is 0 Å². The summed E-state index contributed by atoms with van der Waals surface area (Å²) in [5.41, 5.74) is 0. The minimum absolute atomic E-state index is 0.470. The van der Waals surface area contributed by atoms with Gasteiger partial charge in [0.25, 0.3) is 0 Å². The number of rotatable bonds is 0. The highest BCUT2D eigenvalue weighted by atomic mass is 16.7. The molecule has 1 spiro atoms. The van der Waals surface area contributed by atoms with Gasteiger partial charge in [0.15, 0.2) is 5.79 Å². The van der Waals surface area contributed by atoms with Crippen molar-refractivity contribution in [2.24, 2.45) is 0 Å². The van der Waals surface area contributed by atoms with Gasteiger partial charge in [-0.15, -0.1) is 0 Å². The first-order chi connectivity index (χ1) is 6.25. The van der Waals surface area contributed by atoms with Crippen molar-refractivity contribution < 1.29 is 19.7 Å². The molecule has 2 heterocycles. The molecule has 0 amide bonds. The Kier molecular flexibility index (Phi) is 2.55. The third-order valence-electron chi connectivity index (χ3n) is 2.84. The normalized spacial score (nSPS) is 46.6. The lowest BCUT2D eigenvalue weighted by atomic mass is 9.92. The van der Waals surface area contributed by atoms with Gasteiger partial charge in [-0.2, -0.15) is 0 Å². The van der Waals surface area contributed by atoms with Gasteiger partial charge in [-0.1, -0.05) is 0 Å². The number of hydrogen-bond donors (Lipinski definition) is 2. The van der Waals surface area contributed by atoms with Gasteiger partial charge in [-0.25, -0.2) is 0 Å². The third-order valence-corrected chi connectivity index (χ3v) is 2.84. The summed E-state index contributed by atoms with van der Waals surface area (Å²) in [7, 11) is 0. The van der Waals surface area contributed by atoms with Crippen LogP contribution < -0.4 is 0 Å². The molecule has 0 radical (unpaired) electrons. The maximum absolute atomic E-state index is 9.75. The molecule has 4 nitrogen and oxygen atoms in total. The number of aliphatic hydroxyl groups excluding tert-OH is 2. The minimum atomic E-state index is -0.907. The molecule has 0 aromatic carbocycles. The predicted octanol–water partition coefficient (Wildman–Crippen LogP) is 0.0253. The van der Waals surface area contributed by atoms with Crippen molar-refractivity contribution in [3.8, 4) is 0 Å². The first kappa shape index (κ1) is 9.40. The zero-order chi connectivity index (χ0) is 9.31. The van der Waals surface area contributed by atoms with Crippen LogP contribution in [-0.4, -0.2) is 41.4 Å².